The van der Waals surface area contributed by atoms with Crippen LogP contribution in [0.5, 0.6) is 0 Å². The van der Waals surface area contributed by atoms with E-state index in [4.69, 9.17) is 6.42 Å². The van der Waals surface area contributed by atoms with E-state index in [0.29, 0.717) is 10.0 Å². The third-order valence-electron chi connectivity index (χ3n) is 1.76. The predicted octanol–water partition coefficient (Wildman–Crippen LogP) is 3.46. The lowest BCUT2D eigenvalue weighted by atomic mass is 10.0. The average molecular weight is 245 g/mol. The lowest BCUT2D eigenvalue weighted by Gasteiger charge is -2.07. The van der Waals surface area contributed by atoms with Gasteiger partial charge in [-0.25, -0.2) is 8.78 Å². The summed E-state index contributed by atoms with van der Waals surface area (Å²) < 4.78 is 26.0. The third kappa shape index (κ3) is 2.07. The summed E-state index contributed by atoms with van der Waals surface area (Å²) >= 11 is 3.12. The Bertz CT molecular complexity index is 366. The molecule has 0 bridgehead atoms. The third-order valence-corrected chi connectivity index (χ3v) is 2.44. The first-order chi connectivity index (χ1) is 6.06. The van der Waals surface area contributed by atoms with Gasteiger partial charge in [0.25, 0.3) is 0 Å². The molecule has 68 valence electrons. The highest BCUT2D eigenvalue weighted by atomic mass is 79.9. The fourth-order valence-electron chi connectivity index (χ4n) is 0.960. The Morgan fingerprint density at radius 1 is 1.38 bits per heavy atom. The number of rotatable bonds is 1. The van der Waals surface area contributed by atoms with Crippen molar-refractivity contribution in [2.75, 3.05) is 0 Å². The summed E-state index contributed by atoms with van der Waals surface area (Å²) in [5.74, 6) is 0.468. The molecule has 1 aromatic rings. The van der Waals surface area contributed by atoms with Crippen LogP contribution in [0, 0.1) is 24.0 Å². The summed E-state index contributed by atoms with van der Waals surface area (Å²) in [4.78, 5) is 0. The topological polar surface area (TPSA) is 0 Å². The molecular formula is C10H7BrF2. The van der Waals surface area contributed by atoms with E-state index >= 15 is 0 Å². The van der Waals surface area contributed by atoms with Crippen molar-refractivity contribution in [2.24, 2.45) is 0 Å². The van der Waals surface area contributed by atoms with Gasteiger partial charge < -0.3 is 0 Å². The van der Waals surface area contributed by atoms with Gasteiger partial charge in [-0.05, 0) is 24.6 Å². The maximum atomic E-state index is 12.8. The van der Waals surface area contributed by atoms with Gasteiger partial charge in [-0.2, -0.15) is 0 Å². The van der Waals surface area contributed by atoms with E-state index < -0.39 is 11.6 Å². The molecule has 3 heteroatoms. The molecule has 13 heavy (non-hydrogen) atoms. The van der Waals surface area contributed by atoms with E-state index in [1.54, 1.807) is 6.92 Å². The van der Waals surface area contributed by atoms with Crippen LogP contribution in [-0.4, -0.2) is 0 Å². The van der Waals surface area contributed by atoms with E-state index in [0.717, 1.165) is 12.1 Å². The number of benzene rings is 1. The second-order valence-corrected chi connectivity index (χ2v) is 3.53. The van der Waals surface area contributed by atoms with E-state index in [1.807, 2.05) is 0 Å². The minimum absolute atomic E-state index is 0.232. The maximum absolute atomic E-state index is 12.8. The fraction of sp³-hybridized carbons (Fsp3) is 0.200. The SMILES string of the molecule is C#CC(C)c1cc(F)c(F)cc1Br. The predicted molar refractivity (Wildman–Crippen MR) is 51.3 cm³/mol. The van der Waals surface area contributed by atoms with Gasteiger partial charge in [0.1, 0.15) is 0 Å². The van der Waals surface area contributed by atoms with E-state index in [1.165, 1.54) is 0 Å². The van der Waals surface area contributed by atoms with Crippen molar-refractivity contribution in [3.63, 3.8) is 0 Å². The minimum Gasteiger partial charge on any atom is -0.204 e. The zero-order chi connectivity index (χ0) is 10.0. The van der Waals surface area contributed by atoms with Crippen LogP contribution in [0.1, 0.15) is 18.4 Å². The first-order valence-electron chi connectivity index (χ1n) is 3.67. The molecule has 0 fully saturated rings. The molecule has 0 aromatic heterocycles. The normalized spacial score (nSPS) is 12.2. The van der Waals surface area contributed by atoms with E-state index in [-0.39, 0.29) is 5.92 Å². The second kappa shape index (κ2) is 3.89. The zero-order valence-corrected chi connectivity index (χ0v) is 8.53. The van der Waals surface area contributed by atoms with Crippen LogP contribution in [0.25, 0.3) is 0 Å². The molecule has 0 aliphatic carbocycles. The molecule has 0 aliphatic rings. The average Bonchev–Trinajstić information content (AvgIpc) is 2.10. The van der Waals surface area contributed by atoms with Crippen LogP contribution >= 0.6 is 15.9 Å². The highest BCUT2D eigenvalue weighted by Crippen LogP contribution is 2.26. The van der Waals surface area contributed by atoms with Crippen LogP contribution in [0.4, 0.5) is 8.78 Å². The number of terminal acetylenes is 1. The standard InChI is InChI=1S/C10H7BrF2/c1-3-6(2)7-4-9(12)10(13)5-8(7)11/h1,4-6H,2H3. The molecule has 0 saturated carbocycles. The van der Waals surface area contributed by atoms with Crippen LogP contribution in [0.3, 0.4) is 0 Å². The number of hydrogen-bond donors (Lipinski definition) is 0. The Hall–Kier alpha value is -0.880. The van der Waals surface area contributed by atoms with Crippen molar-refractivity contribution >= 4 is 15.9 Å². The van der Waals surface area contributed by atoms with Gasteiger partial charge in [0, 0.05) is 10.4 Å². The van der Waals surface area contributed by atoms with Gasteiger partial charge in [0.2, 0.25) is 0 Å². The highest BCUT2D eigenvalue weighted by molar-refractivity contribution is 9.10. The first-order valence-corrected chi connectivity index (χ1v) is 4.46. The molecule has 0 spiro atoms. The Balaban J connectivity index is 3.25. The van der Waals surface area contributed by atoms with Gasteiger partial charge in [0.15, 0.2) is 11.6 Å². The van der Waals surface area contributed by atoms with Gasteiger partial charge >= 0.3 is 0 Å². The molecular weight excluding hydrogens is 238 g/mol. The van der Waals surface area contributed by atoms with Gasteiger partial charge in [-0.15, -0.1) is 6.42 Å². The fourth-order valence-corrected chi connectivity index (χ4v) is 1.62. The van der Waals surface area contributed by atoms with Gasteiger partial charge in [-0.3, -0.25) is 0 Å². The highest BCUT2D eigenvalue weighted by Gasteiger charge is 2.11. The molecule has 0 heterocycles. The van der Waals surface area contributed by atoms with Crippen molar-refractivity contribution in [3.8, 4) is 12.3 Å². The Morgan fingerprint density at radius 3 is 2.46 bits per heavy atom. The van der Waals surface area contributed by atoms with Gasteiger partial charge in [-0.1, -0.05) is 21.9 Å². The molecule has 0 N–H and O–H groups in total. The Labute approximate surface area is 84.1 Å². The molecule has 0 radical (unpaired) electrons. The molecule has 1 unspecified atom stereocenters. The summed E-state index contributed by atoms with van der Waals surface area (Å²) in [5, 5.41) is 0. The van der Waals surface area contributed by atoms with Crippen LogP contribution in [0.2, 0.25) is 0 Å². The first kappa shape index (κ1) is 10.2. The van der Waals surface area contributed by atoms with Crippen molar-refractivity contribution in [2.45, 2.75) is 12.8 Å². The quantitative estimate of drug-likeness (QED) is 0.525. The summed E-state index contributed by atoms with van der Waals surface area (Å²) in [5.41, 5.74) is 0.585. The zero-order valence-electron chi connectivity index (χ0n) is 6.94. The molecule has 0 amide bonds. The van der Waals surface area contributed by atoms with Gasteiger partial charge in [0.05, 0.1) is 0 Å². The molecule has 0 aliphatic heterocycles. The number of hydrogen-bond acceptors (Lipinski definition) is 0. The second-order valence-electron chi connectivity index (χ2n) is 2.68. The maximum Gasteiger partial charge on any atom is 0.159 e. The van der Waals surface area contributed by atoms with Crippen molar-refractivity contribution in [3.05, 3.63) is 33.8 Å². The lowest BCUT2D eigenvalue weighted by Crippen LogP contribution is -1.95. The van der Waals surface area contributed by atoms with Crippen molar-refractivity contribution < 1.29 is 8.78 Å². The summed E-state index contributed by atoms with van der Waals surface area (Å²) in [6.45, 7) is 1.75. The van der Waals surface area contributed by atoms with Crippen LogP contribution in [-0.2, 0) is 0 Å². The van der Waals surface area contributed by atoms with Crippen LogP contribution < -0.4 is 0 Å². The van der Waals surface area contributed by atoms with Crippen molar-refractivity contribution in [1.82, 2.24) is 0 Å². The minimum atomic E-state index is -0.875. The van der Waals surface area contributed by atoms with Crippen LogP contribution in [0.15, 0.2) is 16.6 Å². The smallest absolute Gasteiger partial charge is 0.159 e. The summed E-state index contributed by atoms with van der Waals surface area (Å²) in [6, 6.07) is 2.20. The van der Waals surface area contributed by atoms with Crippen molar-refractivity contribution in [1.29, 1.82) is 0 Å². The Morgan fingerprint density at radius 2 is 1.92 bits per heavy atom. The summed E-state index contributed by atoms with van der Waals surface area (Å²) in [7, 11) is 0. The largest absolute Gasteiger partial charge is 0.204 e. The molecule has 0 nitrogen and oxygen atoms in total. The molecule has 1 atom stereocenters. The lowest BCUT2D eigenvalue weighted by molar-refractivity contribution is 0.506. The Kier molecular flexibility index (Phi) is 3.05. The van der Waals surface area contributed by atoms with E-state index in [9.17, 15) is 8.78 Å². The monoisotopic (exact) mass is 244 g/mol. The van der Waals surface area contributed by atoms with E-state index in [2.05, 4.69) is 21.9 Å². The molecule has 1 rings (SSSR count). The summed E-state index contributed by atoms with van der Waals surface area (Å²) in [6.07, 6.45) is 5.17. The molecule has 1 aromatic carbocycles. The molecule has 0 saturated heterocycles. The number of halogens is 3.